The number of nitrogen functional groups attached to an aromatic ring is 1. The number of anilines is 1. The van der Waals surface area contributed by atoms with Crippen LogP contribution in [0.25, 0.3) is 22.2 Å². The van der Waals surface area contributed by atoms with E-state index in [0.29, 0.717) is 34.3 Å². The summed E-state index contributed by atoms with van der Waals surface area (Å²) in [5.74, 6) is -0.553. The summed E-state index contributed by atoms with van der Waals surface area (Å²) in [6, 6.07) is 14.2. The van der Waals surface area contributed by atoms with Gasteiger partial charge in [-0.3, -0.25) is 4.79 Å². The summed E-state index contributed by atoms with van der Waals surface area (Å²) >= 11 is 0. The smallest absolute Gasteiger partial charge is 0.337 e. The van der Waals surface area contributed by atoms with E-state index in [1.54, 1.807) is 30.5 Å². The molecule has 9 heteroatoms. The minimum absolute atomic E-state index is 0.159. The number of amides is 1. The molecule has 2 heterocycles. The second kappa shape index (κ2) is 11.4. The third-order valence-corrected chi connectivity index (χ3v) is 5.92. The molecule has 0 saturated heterocycles. The minimum Gasteiger partial charge on any atom is -0.465 e. The van der Waals surface area contributed by atoms with E-state index in [1.807, 2.05) is 24.3 Å². The van der Waals surface area contributed by atoms with Crippen molar-refractivity contribution < 1.29 is 14.3 Å². The number of fused-ring (bicyclic) bond motifs is 2. The van der Waals surface area contributed by atoms with Gasteiger partial charge < -0.3 is 15.8 Å². The monoisotopic (exact) mass is 486 g/mol. The molecule has 2 aromatic heterocycles. The molecule has 1 amide bonds. The molecule has 186 valence electrons. The largest absolute Gasteiger partial charge is 0.465 e. The Kier molecular flexibility index (Phi) is 7.89. The van der Waals surface area contributed by atoms with Crippen molar-refractivity contribution in [2.45, 2.75) is 39.0 Å². The number of nitrogens with one attached hydrogen (secondary N) is 1. The van der Waals surface area contributed by atoms with Crippen LogP contribution in [-0.2, 0) is 4.74 Å². The highest BCUT2D eigenvalue weighted by atomic mass is 16.5. The number of para-hydroxylation sites is 2. The average Bonchev–Trinajstić information content (AvgIpc) is 3.17. The maximum atomic E-state index is 13.2. The molecule has 0 unspecified atom stereocenters. The van der Waals surface area contributed by atoms with Gasteiger partial charge in [0, 0.05) is 6.54 Å². The zero-order valence-electron chi connectivity index (χ0n) is 20.5. The van der Waals surface area contributed by atoms with Crippen molar-refractivity contribution in [3.8, 4) is 0 Å². The Morgan fingerprint density at radius 2 is 1.72 bits per heavy atom. The van der Waals surface area contributed by atoms with E-state index < -0.39 is 5.97 Å². The number of hydrogen-bond donors (Lipinski definition) is 2. The van der Waals surface area contributed by atoms with E-state index in [-0.39, 0.29) is 17.3 Å². The highest BCUT2D eigenvalue weighted by Crippen LogP contribution is 2.27. The predicted octanol–water partition coefficient (Wildman–Crippen LogP) is 4.54. The number of nitrogens with two attached hydrogens (primary N) is 1. The summed E-state index contributed by atoms with van der Waals surface area (Å²) < 4.78 is 6.17. The molecule has 0 aliphatic heterocycles. The fourth-order valence-corrected chi connectivity index (χ4v) is 3.95. The van der Waals surface area contributed by atoms with Crippen LogP contribution in [0.3, 0.4) is 0 Å². The van der Waals surface area contributed by atoms with Crippen molar-refractivity contribution in [3.63, 3.8) is 0 Å². The number of esters is 1. The fourth-order valence-electron chi connectivity index (χ4n) is 3.95. The van der Waals surface area contributed by atoms with Crippen LogP contribution in [-0.4, -0.2) is 46.4 Å². The van der Waals surface area contributed by atoms with E-state index in [0.717, 1.165) is 24.8 Å². The van der Waals surface area contributed by atoms with Gasteiger partial charge in [0.15, 0.2) is 5.65 Å². The molecule has 0 atom stereocenters. The first kappa shape index (κ1) is 24.8. The molecule has 4 aromatic rings. The van der Waals surface area contributed by atoms with Crippen LogP contribution < -0.4 is 11.1 Å². The molecule has 9 nitrogen and oxygen atoms in total. The van der Waals surface area contributed by atoms with Crippen molar-refractivity contribution in [3.05, 3.63) is 65.2 Å². The summed E-state index contributed by atoms with van der Waals surface area (Å²) in [7, 11) is 1.34. The molecule has 0 fully saturated rings. The average molecular weight is 487 g/mol. The van der Waals surface area contributed by atoms with E-state index in [1.165, 1.54) is 24.6 Å². The van der Waals surface area contributed by atoms with Gasteiger partial charge in [-0.2, -0.15) is 9.78 Å². The van der Waals surface area contributed by atoms with Crippen molar-refractivity contribution in [2.75, 3.05) is 19.4 Å². The Morgan fingerprint density at radius 3 is 2.42 bits per heavy atom. The van der Waals surface area contributed by atoms with Gasteiger partial charge in [0.1, 0.15) is 16.9 Å². The number of carbonyl (C=O) groups excluding carboxylic acids is 2. The SMILES string of the molecule is CCCCCCCNC(=O)c1c(N)n(/N=C/c2ccc(C(=O)OC)cc2)c2nc3ccccc3nc12. The molecule has 0 aliphatic rings. The number of aromatic nitrogens is 3. The summed E-state index contributed by atoms with van der Waals surface area (Å²) in [6.07, 6.45) is 7.07. The van der Waals surface area contributed by atoms with E-state index >= 15 is 0 Å². The zero-order chi connectivity index (χ0) is 25.5. The van der Waals surface area contributed by atoms with Crippen molar-refractivity contribution in [1.82, 2.24) is 20.0 Å². The van der Waals surface area contributed by atoms with Crippen LogP contribution in [0.4, 0.5) is 5.82 Å². The first-order chi connectivity index (χ1) is 17.5. The fraction of sp³-hybridized carbons (Fsp3) is 0.296. The molecule has 0 radical (unpaired) electrons. The van der Waals surface area contributed by atoms with Gasteiger partial charge in [0.2, 0.25) is 0 Å². The standard InChI is InChI=1S/C27H30N6O3/c1-3-4-5-6-9-16-29-26(34)22-23-25(32-21-11-8-7-10-20(21)31-23)33(24(22)28)30-17-18-12-14-19(15-13-18)27(35)36-2/h7-8,10-15,17H,3-6,9,16,28H2,1-2H3,(H,29,34)/b30-17+. The van der Waals surface area contributed by atoms with E-state index in [2.05, 4.69) is 17.3 Å². The first-order valence-electron chi connectivity index (χ1n) is 12.1. The van der Waals surface area contributed by atoms with Crippen LogP contribution in [0.2, 0.25) is 0 Å². The zero-order valence-corrected chi connectivity index (χ0v) is 20.5. The summed E-state index contributed by atoms with van der Waals surface area (Å²) in [4.78, 5) is 34.2. The van der Waals surface area contributed by atoms with Crippen LogP contribution in [0.1, 0.15) is 65.3 Å². The van der Waals surface area contributed by atoms with Crippen molar-refractivity contribution in [2.24, 2.45) is 5.10 Å². The molecular weight excluding hydrogens is 456 g/mol. The second-order valence-corrected chi connectivity index (χ2v) is 8.48. The number of benzene rings is 2. The molecule has 0 spiro atoms. The molecule has 36 heavy (non-hydrogen) atoms. The van der Waals surface area contributed by atoms with Crippen LogP contribution in [0.15, 0.2) is 53.6 Å². The van der Waals surface area contributed by atoms with Gasteiger partial charge in [-0.15, -0.1) is 0 Å². The lowest BCUT2D eigenvalue weighted by Gasteiger charge is -2.05. The van der Waals surface area contributed by atoms with Gasteiger partial charge in [0.25, 0.3) is 5.91 Å². The summed E-state index contributed by atoms with van der Waals surface area (Å²) in [6.45, 7) is 2.73. The molecule has 0 bridgehead atoms. The van der Waals surface area contributed by atoms with Crippen molar-refractivity contribution >= 4 is 46.1 Å². The first-order valence-corrected chi connectivity index (χ1v) is 12.1. The Bertz CT molecular complexity index is 1410. The Hall–Kier alpha value is -4.27. The lowest BCUT2D eigenvalue weighted by Crippen LogP contribution is -2.25. The minimum atomic E-state index is -0.415. The topological polar surface area (TPSA) is 124 Å². The van der Waals surface area contributed by atoms with Gasteiger partial charge in [-0.25, -0.2) is 14.8 Å². The van der Waals surface area contributed by atoms with E-state index in [4.69, 9.17) is 20.4 Å². The number of hydrogen-bond acceptors (Lipinski definition) is 7. The maximum Gasteiger partial charge on any atom is 0.337 e. The quantitative estimate of drug-likeness (QED) is 0.193. The maximum absolute atomic E-state index is 13.2. The second-order valence-electron chi connectivity index (χ2n) is 8.48. The molecule has 3 N–H and O–H groups in total. The summed E-state index contributed by atoms with van der Waals surface area (Å²) in [5, 5.41) is 7.48. The van der Waals surface area contributed by atoms with Crippen LogP contribution >= 0.6 is 0 Å². The number of unbranched alkanes of at least 4 members (excludes halogenated alkanes) is 4. The summed E-state index contributed by atoms with van der Waals surface area (Å²) in [5.41, 5.74) is 9.99. The van der Waals surface area contributed by atoms with Crippen LogP contribution in [0.5, 0.6) is 0 Å². The van der Waals surface area contributed by atoms with Crippen molar-refractivity contribution in [1.29, 1.82) is 0 Å². The van der Waals surface area contributed by atoms with Gasteiger partial charge in [0.05, 0.1) is 29.9 Å². The Labute approximate surface area is 209 Å². The number of rotatable bonds is 10. The van der Waals surface area contributed by atoms with Gasteiger partial charge in [-0.05, 0) is 36.2 Å². The number of methoxy groups -OCH3 is 1. The number of carbonyl (C=O) groups is 2. The highest BCUT2D eigenvalue weighted by molar-refractivity contribution is 6.10. The number of nitrogens with zero attached hydrogens (tertiary/aromatic N) is 4. The third kappa shape index (κ3) is 5.35. The third-order valence-electron chi connectivity index (χ3n) is 5.92. The molecular formula is C27H30N6O3. The van der Waals surface area contributed by atoms with Gasteiger partial charge in [-0.1, -0.05) is 56.9 Å². The molecule has 0 saturated carbocycles. The molecule has 2 aromatic carbocycles. The lowest BCUT2D eigenvalue weighted by atomic mass is 10.1. The Morgan fingerprint density at radius 1 is 1.03 bits per heavy atom. The van der Waals surface area contributed by atoms with E-state index in [9.17, 15) is 9.59 Å². The Balaban J connectivity index is 1.67. The molecule has 0 aliphatic carbocycles. The van der Waals surface area contributed by atoms with Crippen LogP contribution in [0, 0.1) is 0 Å². The lowest BCUT2D eigenvalue weighted by molar-refractivity contribution is 0.0600. The van der Waals surface area contributed by atoms with Gasteiger partial charge >= 0.3 is 5.97 Å². The predicted molar refractivity (Wildman–Crippen MR) is 141 cm³/mol. The molecule has 4 rings (SSSR count). The highest BCUT2D eigenvalue weighted by Gasteiger charge is 2.23. The number of ether oxygens (including phenoxy) is 1. The normalized spacial score (nSPS) is 11.4.